The van der Waals surface area contributed by atoms with Gasteiger partial charge >= 0.3 is 12.1 Å². The third-order valence-electron chi connectivity index (χ3n) is 4.01. The van der Waals surface area contributed by atoms with Crippen LogP contribution in [0.5, 0.6) is 0 Å². The van der Waals surface area contributed by atoms with Crippen LogP contribution in [-0.4, -0.2) is 61.1 Å². The number of nitrogens with zero attached hydrogens (tertiary/aromatic N) is 2. The van der Waals surface area contributed by atoms with Gasteiger partial charge in [-0.3, -0.25) is 14.5 Å². The highest BCUT2D eigenvalue weighted by molar-refractivity contribution is 5.88. The molecule has 2 amide bonds. The van der Waals surface area contributed by atoms with Crippen LogP contribution in [0.3, 0.4) is 0 Å². The summed E-state index contributed by atoms with van der Waals surface area (Å²) in [5, 5.41) is 0. The summed E-state index contributed by atoms with van der Waals surface area (Å²) in [7, 11) is 2.82. The van der Waals surface area contributed by atoms with E-state index in [-0.39, 0.29) is 19.1 Å². The van der Waals surface area contributed by atoms with Crippen LogP contribution in [0, 0.1) is 0 Å². The predicted molar refractivity (Wildman–Crippen MR) is 86.0 cm³/mol. The van der Waals surface area contributed by atoms with E-state index in [4.69, 9.17) is 4.74 Å². The molecule has 0 N–H and O–H groups in total. The highest BCUT2D eigenvalue weighted by Crippen LogP contribution is 2.17. The molecule has 1 aromatic carbocycles. The zero-order valence-electron chi connectivity index (χ0n) is 13.9. The average Bonchev–Trinajstić information content (AvgIpc) is 2.61. The van der Waals surface area contributed by atoms with Crippen molar-refractivity contribution < 1.29 is 23.9 Å². The molecule has 2 rings (SSSR count). The first-order valence-corrected chi connectivity index (χ1v) is 7.82. The molecule has 130 valence electrons. The Morgan fingerprint density at radius 1 is 1.29 bits per heavy atom. The fourth-order valence-electron chi connectivity index (χ4n) is 2.60. The second kappa shape index (κ2) is 8.33. The van der Waals surface area contributed by atoms with Crippen LogP contribution < -0.4 is 0 Å². The van der Waals surface area contributed by atoms with E-state index >= 15 is 0 Å². The number of likely N-dealkylation sites (N-methyl/N-ethyl adjacent to an activating group) is 1. The van der Waals surface area contributed by atoms with Gasteiger partial charge in [-0.05, 0) is 18.4 Å². The smallest absolute Gasteiger partial charge is 0.410 e. The normalized spacial score (nSPS) is 17.3. The van der Waals surface area contributed by atoms with Crippen LogP contribution in [0.2, 0.25) is 0 Å². The van der Waals surface area contributed by atoms with Crippen LogP contribution in [0.25, 0.3) is 0 Å². The van der Waals surface area contributed by atoms with Crippen LogP contribution in [0.1, 0.15) is 18.4 Å². The van der Waals surface area contributed by atoms with E-state index in [1.54, 1.807) is 0 Å². The molecule has 1 fully saturated rings. The third-order valence-corrected chi connectivity index (χ3v) is 4.01. The summed E-state index contributed by atoms with van der Waals surface area (Å²) < 4.78 is 9.85. The van der Waals surface area contributed by atoms with Gasteiger partial charge in [0, 0.05) is 13.6 Å². The molecule has 7 heteroatoms. The molecule has 0 saturated carbocycles. The second-order valence-corrected chi connectivity index (χ2v) is 5.65. The summed E-state index contributed by atoms with van der Waals surface area (Å²) in [5.41, 5.74) is 0.876. The number of hydrogen-bond donors (Lipinski definition) is 0. The van der Waals surface area contributed by atoms with Gasteiger partial charge in [0.2, 0.25) is 5.91 Å². The summed E-state index contributed by atoms with van der Waals surface area (Å²) in [6.45, 7) is 0.535. The van der Waals surface area contributed by atoms with E-state index in [2.05, 4.69) is 4.74 Å². The number of ether oxygens (including phenoxy) is 2. The molecule has 1 saturated heterocycles. The molecule has 1 aliphatic heterocycles. The maximum atomic E-state index is 12.5. The maximum Gasteiger partial charge on any atom is 0.410 e. The van der Waals surface area contributed by atoms with Gasteiger partial charge in [-0.2, -0.15) is 0 Å². The number of amides is 2. The van der Waals surface area contributed by atoms with E-state index in [0.29, 0.717) is 19.4 Å². The predicted octanol–water partition coefficient (Wildman–Crippen LogP) is 1.42. The Hall–Kier alpha value is -2.57. The number of methoxy groups -OCH3 is 1. The fourth-order valence-corrected chi connectivity index (χ4v) is 2.60. The van der Waals surface area contributed by atoms with Crippen molar-refractivity contribution in [2.75, 3.05) is 27.2 Å². The van der Waals surface area contributed by atoms with Gasteiger partial charge in [-0.15, -0.1) is 0 Å². The molecule has 0 unspecified atom stereocenters. The molecule has 1 heterocycles. The molecule has 1 aromatic rings. The SMILES string of the molecule is COC(=O)CN1CCC[C@@H](N(C)C(=O)OCc2ccccc2)C1=O. The Kier molecular flexibility index (Phi) is 6.17. The molecular formula is C17H22N2O5. The van der Waals surface area contributed by atoms with E-state index in [9.17, 15) is 14.4 Å². The summed E-state index contributed by atoms with van der Waals surface area (Å²) >= 11 is 0. The first-order valence-electron chi connectivity index (χ1n) is 7.82. The molecule has 0 aromatic heterocycles. The van der Waals surface area contributed by atoms with E-state index < -0.39 is 18.1 Å². The van der Waals surface area contributed by atoms with Crippen LogP contribution in [0.4, 0.5) is 4.79 Å². The number of likely N-dealkylation sites (tertiary alicyclic amines) is 1. The number of benzene rings is 1. The van der Waals surface area contributed by atoms with Crippen LogP contribution >= 0.6 is 0 Å². The van der Waals surface area contributed by atoms with Gasteiger partial charge in [0.05, 0.1) is 7.11 Å². The summed E-state index contributed by atoms with van der Waals surface area (Å²) in [6.07, 6.45) is 0.703. The molecular weight excluding hydrogens is 312 g/mol. The lowest BCUT2D eigenvalue weighted by atomic mass is 10.0. The lowest BCUT2D eigenvalue weighted by Gasteiger charge is -2.35. The fraction of sp³-hybridized carbons (Fsp3) is 0.471. The third kappa shape index (κ3) is 4.47. The van der Waals surface area contributed by atoms with Crippen molar-refractivity contribution in [1.29, 1.82) is 0 Å². The highest BCUT2D eigenvalue weighted by atomic mass is 16.6. The largest absolute Gasteiger partial charge is 0.468 e. The van der Waals surface area contributed by atoms with E-state index in [1.165, 1.54) is 24.0 Å². The van der Waals surface area contributed by atoms with Crippen molar-refractivity contribution in [3.8, 4) is 0 Å². The summed E-state index contributed by atoms with van der Waals surface area (Å²) in [6, 6.07) is 8.71. The van der Waals surface area contributed by atoms with Gasteiger partial charge in [-0.25, -0.2) is 4.79 Å². The number of rotatable bonds is 5. The Labute approximate surface area is 141 Å². The van der Waals surface area contributed by atoms with E-state index in [0.717, 1.165) is 5.56 Å². The molecule has 7 nitrogen and oxygen atoms in total. The van der Waals surface area contributed by atoms with Crippen molar-refractivity contribution in [3.05, 3.63) is 35.9 Å². The summed E-state index contributed by atoms with van der Waals surface area (Å²) in [4.78, 5) is 38.7. The van der Waals surface area contributed by atoms with Crippen molar-refractivity contribution in [2.45, 2.75) is 25.5 Å². The standard InChI is InChI=1S/C17H22N2O5/c1-18(17(22)24-12-13-7-4-3-5-8-13)14-9-6-10-19(16(14)21)11-15(20)23-2/h3-5,7-8,14H,6,9-12H2,1-2H3/t14-/m1/s1. The zero-order chi connectivity index (χ0) is 17.5. The summed E-state index contributed by atoms with van der Waals surface area (Å²) in [5.74, 6) is -0.732. The van der Waals surface area contributed by atoms with Gasteiger partial charge in [-0.1, -0.05) is 30.3 Å². The van der Waals surface area contributed by atoms with E-state index in [1.807, 2.05) is 30.3 Å². The number of carbonyl (C=O) groups excluding carboxylic acids is 3. The van der Waals surface area contributed by atoms with Crippen LogP contribution in [-0.2, 0) is 25.7 Å². The van der Waals surface area contributed by atoms with Crippen molar-refractivity contribution in [3.63, 3.8) is 0 Å². The van der Waals surface area contributed by atoms with Gasteiger partial charge < -0.3 is 14.4 Å². The monoisotopic (exact) mass is 334 g/mol. The Morgan fingerprint density at radius 3 is 2.67 bits per heavy atom. The first kappa shape index (κ1) is 17.8. The number of carbonyl (C=O) groups is 3. The Bertz CT molecular complexity index is 590. The number of esters is 1. The number of piperidine rings is 1. The molecule has 0 spiro atoms. The lowest BCUT2D eigenvalue weighted by molar-refractivity contribution is -0.150. The lowest BCUT2D eigenvalue weighted by Crippen LogP contribution is -2.54. The first-order chi connectivity index (χ1) is 11.5. The van der Waals surface area contributed by atoms with Gasteiger partial charge in [0.15, 0.2) is 0 Å². The molecule has 1 atom stereocenters. The highest BCUT2D eigenvalue weighted by Gasteiger charge is 2.35. The Balaban J connectivity index is 1.92. The zero-order valence-corrected chi connectivity index (χ0v) is 13.9. The minimum atomic E-state index is -0.619. The van der Waals surface area contributed by atoms with Gasteiger partial charge in [0.25, 0.3) is 0 Å². The van der Waals surface area contributed by atoms with Crippen molar-refractivity contribution in [2.24, 2.45) is 0 Å². The maximum absolute atomic E-state index is 12.5. The topological polar surface area (TPSA) is 76.2 Å². The molecule has 1 aliphatic rings. The van der Waals surface area contributed by atoms with Crippen molar-refractivity contribution >= 4 is 18.0 Å². The Morgan fingerprint density at radius 2 is 2.00 bits per heavy atom. The van der Waals surface area contributed by atoms with Crippen molar-refractivity contribution in [1.82, 2.24) is 9.80 Å². The molecule has 0 radical (unpaired) electrons. The van der Waals surface area contributed by atoms with Crippen LogP contribution in [0.15, 0.2) is 30.3 Å². The average molecular weight is 334 g/mol. The molecule has 0 aliphatic carbocycles. The minimum Gasteiger partial charge on any atom is -0.468 e. The second-order valence-electron chi connectivity index (χ2n) is 5.65. The quantitative estimate of drug-likeness (QED) is 0.761. The minimum absolute atomic E-state index is 0.0985. The van der Waals surface area contributed by atoms with Gasteiger partial charge in [0.1, 0.15) is 19.2 Å². The number of hydrogen-bond acceptors (Lipinski definition) is 5. The molecule has 0 bridgehead atoms. The molecule has 24 heavy (non-hydrogen) atoms.